The summed E-state index contributed by atoms with van der Waals surface area (Å²) in [6, 6.07) is 16.7. The van der Waals surface area contributed by atoms with Crippen LogP contribution >= 0.6 is 0 Å². The second-order valence-corrected chi connectivity index (χ2v) is 4.92. The predicted molar refractivity (Wildman–Crippen MR) is 87.7 cm³/mol. The second-order valence-electron chi connectivity index (χ2n) is 4.92. The van der Waals surface area contributed by atoms with E-state index in [1.807, 2.05) is 49.4 Å². The summed E-state index contributed by atoms with van der Waals surface area (Å²) >= 11 is 0. The van der Waals surface area contributed by atoms with Gasteiger partial charge in [-0.15, -0.1) is 0 Å². The van der Waals surface area contributed by atoms with Crippen LogP contribution in [0, 0.1) is 18.3 Å². The van der Waals surface area contributed by atoms with Crippen LogP contribution in [-0.2, 0) is 0 Å². The number of aromatic nitrogens is 2. The molecule has 3 aromatic rings. The van der Waals surface area contributed by atoms with Crippen molar-refractivity contribution in [3.8, 4) is 17.6 Å². The predicted octanol–water partition coefficient (Wildman–Crippen LogP) is 4.19. The van der Waals surface area contributed by atoms with Crippen LogP contribution in [0.5, 0.6) is 11.5 Å². The van der Waals surface area contributed by atoms with Crippen LogP contribution in [0.2, 0.25) is 0 Å². The Balaban J connectivity index is 1.78. The highest BCUT2D eigenvalue weighted by atomic mass is 16.5. The van der Waals surface area contributed by atoms with Crippen molar-refractivity contribution < 1.29 is 4.74 Å². The summed E-state index contributed by atoms with van der Waals surface area (Å²) in [5.74, 6) is 2.09. The second kappa shape index (κ2) is 6.58. The Morgan fingerprint density at radius 1 is 1.13 bits per heavy atom. The third-order valence-electron chi connectivity index (χ3n) is 3.17. The van der Waals surface area contributed by atoms with Crippen LogP contribution in [0.1, 0.15) is 11.3 Å². The Morgan fingerprint density at radius 2 is 2.04 bits per heavy atom. The molecule has 0 bridgehead atoms. The smallest absolute Gasteiger partial charge is 0.145 e. The van der Waals surface area contributed by atoms with Gasteiger partial charge in [-0.25, -0.2) is 4.98 Å². The van der Waals surface area contributed by atoms with E-state index in [-0.39, 0.29) is 0 Å². The van der Waals surface area contributed by atoms with Gasteiger partial charge in [0.05, 0.1) is 6.20 Å². The number of ether oxygens (including phenoxy) is 1. The van der Waals surface area contributed by atoms with Gasteiger partial charge in [0.1, 0.15) is 29.1 Å². The molecule has 0 fully saturated rings. The minimum Gasteiger partial charge on any atom is -0.455 e. The number of nitrogens with one attached hydrogen (secondary N) is 1. The lowest BCUT2D eigenvalue weighted by Crippen LogP contribution is -1.96. The fourth-order valence-corrected chi connectivity index (χ4v) is 2.09. The lowest BCUT2D eigenvalue weighted by atomic mass is 10.2. The van der Waals surface area contributed by atoms with Crippen molar-refractivity contribution in [3.63, 3.8) is 0 Å². The first kappa shape index (κ1) is 14.5. The molecule has 0 aliphatic carbocycles. The van der Waals surface area contributed by atoms with Crippen LogP contribution in [0.15, 0.2) is 60.9 Å². The highest BCUT2D eigenvalue weighted by Gasteiger charge is 2.04. The van der Waals surface area contributed by atoms with E-state index in [9.17, 15) is 0 Å². The van der Waals surface area contributed by atoms with Gasteiger partial charge in [-0.05, 0) is 55.0 Å². The summed E-state index contributed by atoms with van der Waals surface area (Å²) in [5.41, 5.74) is 2.24. The fraction of sp³-hybridized carbons (Fsp3) is 0.0556. The van der Waals surface area contributed by atoms with Gasteiger partial charge in [-0.1, -0.05) is 6.07 Å². The van der Waals surface area contributed by atoms with Crippen molar-refractivity contribution in [2.24, 2.45) is 0 Å². The van der Waals surface area contributed by atoms with E-state index in [2.05, 4.69) is 15.3 Å². The van der Waals surface area contributed by atoms with Gasteiger partial charge in [0.15, 0.2) is 0 Å². The molecule has 0 amide bonds. The van der Waals surface area contributed by atoms with E-state index in [4.69, 9.17) is 10.00 Å². The molecule has 5 nitrogen and oxygen atoms in total. The molecule has 2 aromatic heterocycles. The maximum Gasteiger partial charge on any atom is 0.145 e. The van der Waals surface area contributed by atoms with E-state index in [0.717, 1.165) is 17.0 Å². The lowest BCUT2D eigenvalue weighted by Gasteiger charge is -2.11. The number of rotatable bonds is 4. The average Bonchev–Trinajstić information content (AvgIpc) is 2.58. The molecule has 112 valence electrons. The summed E-state index contributed by atoms with van der Waals surface area (Å²) in [4.78, 5) is 8.22. The number of nitriles is 1. The number of hydrogen-bond acceptors (Lipinski definition) is 5. The van der Waals surface area contributed by atoms with Gasteiger partial charge in [0, 0.05) is 11.9 Å². The first-order chi connectivity index (χ1) is 11.2. The number of hydrogen-bond donors (Lipinski definition) is 1. The maximum atomic E-state index is 8.89. The molecule has 2 heterocycles. The van der Waals surface area contributed by atoms with Gasteiger partial charge >= 0.3 is 0 Å². The molecule has 0 unspecified atom stereocenters. The van der Waals surface area contributed by atoms with Crippen molar-refractivity contribution in [3.05, 3.63) is 72.2 Å². The molecule has 0 aliphatic heterocycles. The van der Waals surface area contributed by atoms with Gasteiger partial charge in [0.25, 0.3) is 0 Å². The summed E-state index contributed by atoms with van der Waals surface area (Å²) < 4.78 is 5.80. The fourth-order valence-electron chi connectivity index (χ4n) is 2.09. The summed E-state index contributed by atoms with van der Waals surface area (Å²) in [6.07, 6.45) is 3.37. The van der Waals surface area contributed by atoms with Crippen LogP contribution in [-0.4, -0.2) is 9.97 Å². The maximum absolute atomic E-state index is 8.89. The molecule has 0 saturated carbocycles. The van der Waals surface area contributed by atoms with Crippen molar-refractivity contribution >= 4 is 11.5 Å². The van der Waals surface area contributed by atoms with E-state index in [1.54, 1.807) is 24.5 Å². The van der Waals surface area contributed by atoms with Gasteiger partial charge in [0.2, 0.25) is 0 Å². The van der Waals surface area contributed by atoms with Gasteiger partial charge in [-0.2, -0.15) is 5.26 Å². The minimum atomic E-state index is 0.378. The number of benzene rings is 1. The molecule has 1 aromatic carbocycles. The van der Waals surface area contributed by atoms with E-state index >= 15 is 0 Å². The number of nitrogens with zero attached hydrogens (tertiary/aromatic N) is 3. The zero-order valence-corrected chi connectivity index (χ0v) is 12.5. The molecule has 3 rings (SSSR count). The quantitative estimate of drug-likeness (QED) is 0.782. The zero-order chi connectivity index (χ0) is 16.1. The van der Waals surface area contributed by atoms with Crippen LogP contribution in [0.25, 0.3) is 0 Å². The molecule has 0 spiro atoms. The van der Waals surface area contributed by atoms with Gasteiger partial charge in [-0.3, -0.25) is 4.98 Å². The number of pyridine rings is 2. The Hall–Kier alpha value is -3.39. The highest BCUT2D eigenvalue weighted by Crippen LogP contribution is 2.27. The largest absolute Gasteiger partial charge is 0.455 e. The summed E-state index contributed by atoms with van der Waals surface area (Å²) in [7, 11) is 0. The Bertz CT molecular complexity index is 856. The molecular weight excluding hydrogens is 288 g/mol. The van der Waals surface area contributed by atoms with Crippen LogP contribution < -0.4 is 10.1 Å². The molecular formula is C18H14N4O. The zero-order valence-electron chi connectivity index (χ0n) is 12.5. The van der Waals surface area contributed by atoms with E-state index in [0.29, 0.717) is 17.3 Å². The van der Waals surface area contributed by atoms with Crippen LogP contribution in [0.3, 0.4) is 0 Å². The molecule has 5 heteroatoms. The summed E-state index contributed by atoms with van der Waals surface area (Å²) in [5, 5.41) is 12.1. The Kier molecular flexibility index (Phi) is 4.16. The molecule has 0 atom stereocenters. The molecule has 23 heavy (non-hydrogen) atoms. The molecule has 0 aliphatic rings. The third-order valence-corrected chi connectivity index (χ3v) is 3.17. The molecule has 0 radical (unpaired) electrons. The number of aryl methyl sites for hydroxylation is 1. The van der Waals surface area contributed by atoms with E-state index in [1.165, 1.54) is 0 Å². The first-order valence-electron chi connectivity index (χ1n) is 7.07. The average molecular weight is 302 g/mol. The summed E-state index contributed by atoms with van der Waals surface area (Å²) in [6.45, 7) is 1.97. The van der Waals surface area contributed by atoms with Crippen molar-refractivity contribution in [1.82, 2.24) is 9.97 Å². The molecule has 0 saturated heterocycles. The highest BCUT2D eigenvalue weighted by molar-refractivity contribution is 5.59. The standard InChI is InChI=1S/C18H14N4O/c1-13-10-14(21-18-6-2-4-15(11-19)22-18)7-8-17(13)23-16-5-3-9-20-12-16/h2-10,12H,1H3,(H,21,22). The first-order valence-corrected chi connectivity index (χ1v) is 7.07. The number of anilines is 2. The van der Waals surface area contributed by atoms with Gasteiger partial charge < -0.3 is 10.1 Å². The monoisotopic (exact) mass is 302 g/mol. The van der Waals surface area contributed by atoms with Crippen molar-refractivity contribution in [1.29, 1.82) is 5.26 Å². The van der Waals surface area contributed by atoms with Crippen LogP contribution in [0.4, 0.5) is 11.5 Å². The Labute approximate surface area is 134 Å². The van der Waals surface area contributed by atoms with Crippen molar-refractivity contribution in [2.75, 3.05) is 5.32 Å². The topological polar surface area (TPSA) is 70.8 Å². The Morgan fingerprint density at radius 3 is 2.78 bits per heavy atom. The normalized spacial score (nSPS) is 9.91. The minimum absolute atomic E-state index is 0.378. The lowest BCUT2D eigenvalue weighted by molar-refractivity contribution is 0.476. The molecule has 1 N–H and O–H groups in total. The van der Waals surface area contributed by atoms with E-state index < -0.39 is 0 Å². The SMILES string of the molecule is Cc1cc(Nc2cccc(C#N)n2)ccc1Oc1cccnc1. The van der Waals surface area contributed by atoms with Crippen molar-refractivity contribution in [2.45, 2.75) is 6.92 Å². The third kappa shape index (κ3) is 3.63.